The molecule has 1 unspecified atom stereocenters. The van der Waals surface area contributed by atoms with Crippen LogP contribution in [0.15, 0.2) is 0 Å². The van der Waals surface area contributed by atoms with Crippen LogP contribution in [-0.2, 0) is 4.79 Å². The van der Waals surface area contributed by atoms with Gasteiger partial charge in [-0.2, -0.15) is 0 Å². The van der Waals surface area contributed by atoms with Crippen LogP contribution in [0, 0.1) is 11.8 Å². The summed E-state index contributed by atoms with van der Waals surface area (Å²) in [6.07, 6.45) is 5.55. The van der Waals surface area contributed by atoms with Gasteiger partial charge in [0.25, 0.3) is 0 Å². The monoisotopic (exact) mass is 267 g/mol. The van der Waals surface area contributed by atoms with E-state index >= 15 is 0 Å². The lowest BCUT2D eigenvalue weighted by Crippen LogP contribution is -2.42. The van der Waals surface area contributed by atoms with E-state index in [-0.39, 0.29) is 0 Å². The van der Waals surface area contributed by atoms with E-state index in [0.29, 0.717) is 11.8 Å². The molecule has 2 rings (SSSR count). The molecule has 2 aliphatic heterocycles. The van der Waals surface area contributed by atoms with Crippen LogP contribution in [0.2, 0.25) is 0 Å². The molecule has 0 aliphatic carbocycles. The molecular weight excluding hydrogens is 238 g/mol. The van der Waals surface area contributed by atoms with E-state index in [9.17, 15) is 4.79 Å². The van der Waals surface area contributed by atoms with Crippen molar-refractivity contribution in [2.24, 2.45) is 11.8 Å². The summed E-state index contributed by atoms with van der Waals surface area (Å²) in [5, 5.41) is 3.40. The van der Waals surface area contributed by atoms with E-state index < -0.39 is 0 Å². The Hall–Kier alpha value is -0.610. The summed E-state index contributed by atoms with van der Waals surface area (Å²) in [7, 11) is 4.27. The maximum atomic E-state index is 12.3. The highest BCUT2D eigenvalue weighted by atomic mass is 16.2. The Bertz CT molecular complexity index is 279. The van der Waals surface area contributed by atoms with Crippen molar-refractivity contribution < 1.29 is 4.79 Å². The fraction of sp³-hybridized carbons (Fsp3) is 0.933. The lowest BCUT2D eigenvalue weighted by Gasteiger charge is -2.34. The first kappa shape index (κ1) is 14.8. The van der Waals surface area contributed by atoms with Crippen molar-refractivity contribution in [3.05, 3.63) is 0 Å². The Morgan fingerprint density at radius 3 is 2.53 bits per heavy atom. The number of carbonyl (C=O) groups is 1. The molecule has 1 atom stereocenters. The molecule has 110 valence electrons. The minimum Gasteiger partial charge on any atom is -0.343 e. The number of nitrogens with zero attached hydrogens (tertiary/aromatic N) is 2. The Morgan fingerprint density at radius 2 is 1.95 bits per heavy atom. The summed E-state index contributed by atoms with van der Waals surface area (Å²) in [6.45, 7) is 5.26. The van der Waals surface area contributed by atoms with Crippen molar-refractivity contribution in [1.82, 2.24) is 15.1 Å². The third-order valence-corrected chi connectivity index (χ3v) is 4.45. The average molecular weight is 267 g/mol. The Morgan fingerprint density at radius 1 is 1.21 bits per heavy atom. The molecule has 4 heteroatoms. The van der Waals surface area contributed by atoms with Crippen molar-refractivity contribution in [2.45, 2.75) is 32.1 Å². The van der Waals surface area contributed by atoms with Crippen LogP contribution < -0.4 is 5.32 Å². The van der Waals surface area contributed by atoms with E-state index in [4.69, 9.17) is 0 Å². The summed E-state index contributed by atoms with van der Waals surface area (Å²) >= 11 is 0. The molecule has 0 spiro atoms. The number of piperidine rings is 2. The molecule has 1 N–H and O–H groups in total. The van der Waals surface area contributed by atoms with E-state index in [1.165, 1.54) is 25.7 Å². The van der Waals surface area contributed by atoms with Gasteiger partial charge in [0, 0.05) is 26.1 Å². The van der Waals surface area contributed by atoms with E-state index in [0.717, 1.165) is 45.1 Å². The maximum absolute atomic E-state index is 12.3. The molecule has 2 fully saturated rings. The van der Waals surface area contributed by atoms with Gasteiger partial charge in [0.05, 0.1) is 0 Å². The fourth-order valence-corrected chi connectivity index (χ4v) is 3.36. The number of hydrogen-bond acceptors (Lipinski definition) is 3. The van der Waals surface area contributed by atoms with Crippen LogP contribution in [0.4, 0.5) is 0 Å². The summed E-state index contributed by atoms with van der Waals surface area (Å²) in [4.78, 5) is 16.6. The second kappa shape index (κ2) is 7.25. The summed E-state index contributed by atoms with van der Waals surface area (Å²) in [5.74, 6) is 1.73. The molecule has 4 nitrogen and oxygen atoms in total. The van der Waals surface area contributed by atoms with Gasteiger partial charge in [0.2, 0.25) is 5.91 Å². The second-order valence-corrected chi connectivity index (χ2v) is 6.50. The van der Waals surface area contributed by atoms with Crippen molar-refractivity contribution in [3.8, 4) is 0 Å². The van der Waals surface area contributed by atoms with Gasteiger partial charge in [-0.3, -0.25) is 4.79 Å². The van der Waals surface area contributed by atoms with Crippen LogP contribution in [0.3, 0.4) is 0 Å². The van der Waals surface area contributed by atoms with Crippen LogP contribution in [-0.4, -0.2) is 62.5 Å². The molecule has 19 heavy (non-hydrogen) atoms. The molecule has 2 aliphatic rings. The maximum Gasteiger partial charge on any atom is 0.222 e. The van der Waals surface area contributed by atoms with E-state index in [1.54, 1.807) is 0 Å². The molecule has 0 aromatic carbocycles. The number of amides is 1. The summed E-state index contributed by atoms with van der Waals surface area (Å²) in [5.41, 5.74) is 0. The van der Waals surface area contributed by atoms with Crippen molar-refractivity contribution in [3.63, 3.8) is 0 Å². The lowest BCUT2D eigenvalue weighted by molar-refractivity contribution is -0.133. The topological polar surface area (TPSA) is 35.6 Å². The second-order valence-electron chi connectivity index (χ2n) is 6.50. The highest BCUT2D eigenvalue weighted by Crippen LogP contribution is 2.21. The van der Waals surface area contributed by atoms with Crippen LogP contribution >= 0.6 is 0 Å². The number of hydrogen-bond donors (Lipinski definition) is 1. The molecule has 0 radical (unpaired) electrons. The predicted molar refractivity (Wildman–Crippen MR) is 78.1 cm³/mol. The highest BCUT2D eigenvalue weighted by Gasteiger charge is 2.25. The van der Waals surface area contributed by atoms with Gasteiger partial charge < -0.3 is 15.1 Å². The normalized spacial score (nSPS) is 25.8. The van der Waals surface area contributed by atoms with Crippen LogP contribution in [0.25, 0.3) is 0 Å². The number of rotatable bonds is 4. The first-order chi connectivity index (χ1) is 9.15. The first-order valence-electron chi connectivity index (χ1n) is 7.78. The van der Waals surface area contributed by atoms with E-state index in [2.05, 4.69) is 29.2 Å². The third kappa shape index (κ3) is 4.77. The Balaban J connectivity index is 1.69. The number of carbonyl (C=O) groups excluding carboxylic acids is 1. The third-order valence-electron chi connectivity index (χ3n) is 4.45. The van der Waals surface area contributed by atoms with Crippen LogP contribution in [0.5, 0.6) is 0 Å². The van der Waals surface area contributed by atoms with Crippen molar-refractivity contribution in [1.29, 1.82) is 0 Å². The summed E-state index contributed by atoms with van der Waals surface area (Å²) < 4.78 is 0. The molecule has 2 heterocycles. The SMILES string of the molecule is CN(C)CC1CCN(C(=O)CC2CCCNC2)CC1. The minimum atomic E-state index is 0.386. The molecular formula is C15H29N3O. The molecule has 0 aromatic heterocycles. The Labute approximate surface area is 117 Å². The van der Waals surface area contributed by atoms with Gasteiger partial charge in [0.1, 0.15) is 0 Å². The fourth-order valence-electron chi connectivity index (χ4n) is 3.36. The molecule has 0 aromatic rings. The van der Waals surface area contributed by atoms with Gasteiger partial charge in [-0.25, -0.2) is 0 Å². The zero-order valence-electron chi connectivity index (χ0n) is 12.5. The quantitative estimate of drug-likeness (QED) is 0.831. The van der Waals surface area contributed by atoms with Gasteiger partial charge in [-0.1, -0.05) is 0 Å². The first-order valence-corrected chi connectivity index (χ1v) is 7.78. The zero-order valence-corrected chi connectivity index (χ0v) is 12.5. The smallest absolute Gasteiger partial charge is 0.222 e. The zero-order chi connectivity index (χ0) is 13.7. The van der Waals surface area contributed by atoms with Crippen molar-refractivity contribution in [2.75, 3.05) is 46.8 Å². The lowest BCUT2D eigenvalue weighted by atomic mass is 9.93. The minimum absolute atomic E-state index is 0.386. The standard InChI is InChI=1S/C15H29N3O/c1-17(2)12-13-5-8-18(9-6-13)15(19)10-14-4-3-7-16-11-14/h13-14,16H,3-12H2,1-2H3. The largest absolute Gasteiger partial charge is 0.343 e. The molecule has 2 saturated heterocycles. The van der Waals surface area contributed by atoms with Gasteiger partial charge in [-0.15, -0.1) is 0 Å². The van der Waals surface area contributed by atoms with Gasteiger partial charge in [0.15, 0.2) is 0 Å². The van der Waals surface area contributed by atoms with Gasteiger partial charge >= 0.3 is 0 Å². The van der Waals surface area contributed by atoms with Crippen molar-refractivity contribution >= 4 is 5.91 Å². The highest BCUT2D eigenvalue weighted by molar-refractivity contribution is 5.76. The van der Waals surface area contributed by atoms with E-state index in [1.807, 2.05) is 0 Å². The number of likely N-dealkylation sites (tertiary alicyclic amines) is 1. The van der Waals surface area contributed by atoms with Crippen LogP contribution in [0.1, 0.15) is 32.1 Å². The predicted octanol–water partition coefficient (Wildman–Crippen LogP) is 1.18. The number of nitrogens with one attached hydrogen (secondary N) is 1. The molecule has 0 bridgehead atoms. The summed E-state index contributed by atoms with van der Waals surface area (Å²) in [6, 6.07) is 0. The average Bonchev–Trinajstić information content (AvgIpc) is 2.40. The molecule has 0 saturated carbocycles. The van der Waals surface area contributed by atoms with Gasteiger partial charge in [-0.05, 0) is 64.7 Å². The Kier molecular flexibility index (Phi) is 5.64. The molecule has 1 amide bonds.